The Kier molecular flexibility index (Phi) is 5.75. The average Bonchev–Trinajstić information content (AvgIpc) is 3.13. The number of anilines is 1. The van der Waals surface area contributed by atoms with E-state index in [0.29, 0.717) is 0 Å². The first kappa shape index (κ1) is 17.8. The highest BCUT2D eigenvalue weighted by Crippen LogP contribution is 2.25. The average molecular weight is 357 g/mol. The smallest absolute Gasteiger partial charge is 0.253 e. The lowest BCUT2D eigenvalue weighted by molar-refractivity contribution is 0.0758. The molecule has 1 aliphatic carbocycles. The van der Waals surface area contributed by atoms with E-state index in [-0.39, 0.29) is 5.91 Å². The van der Waals surface area contributed by atoms with E-state index >= 15 is 0 Å². The zero-order valence-electron chi connectivity index (χ0n) is 15.7. The van der Waals surface area contributed by atoms with Crippen LogP contribution in [0.25, 0.3) is 0 Å². The summed E-state index contributed by atoms with van der Waals surface area (Å²) in [7, 11) is 0. The van der Waals surface area contributed by atoms with Crippen LogP contribution in [0.4, 0.5) is 5.69 Å². The van der Waals surface area contributed by atoms with Crippen molar-refractivity contribution >= 4 is 11.6 Å². The summed E-state index contributed by atoms with van der Waals surface area (Å²) < 4.78 is 5.41. The van der Waals surface area contributed by atoms with Gasteiger partial charge in [0.05, 0.1) is 13.2 Å². The minimum absolute atomic E-state index is 0.187. The number of morpholine rings is 1. The lowest BCUT2D eigenvalue weighted by Gasteiger charge is -2.29. The van der Waals surface area contributed by atoms with Crippen molar-refractivity contribution in [1.29, 1.82) is 0 Å². The summed E-state index contributed by atoms with van der Waals surface area (Å²) in [5, 5.41) is 0. The molecule has 0 N–H and O–H groups in total. The molecule has 5 heteroatoms. The summed E-state index contributed by atoms with van der Waals surface area (Å²) in [6.45, 7) is 7.34. The maximum Gasteiger partial charge on any atom is 0.253 e. The van der Waals surface area contributed by atoms with Gasteiger partial charge in [-0.3, -0.25) is 9.69 Å². The molecule has 0 radical (unpaired) electrons. The fourth-order valence-corrected chi connectivity index (χ4v) is 4.59. The van der Waals surface area contributed by atoms with E-state index in [1.807, 2.05) is 12.1 Å². The molecule has 26 heavy (non-hydrogen) atoms. The Morgan fingerprint density at radius 1 is 0.846 bits per heavy atom. The van der Waals surface area contributed by atoms with Crippen molar-refractivity contribution in [3.8, 4) is 0 Å². The van der Waals surface area contributed by atoms with E-state index in [4.69, 9.17) is 4.74 Å². The summed E-state index contributed by atoms with van der Waals surface area (Å²) in [6.07, 6.45) is 6.53. The third-order valence-corrected chi connectivity index (χ3v) is 6.15. The van der Waals surface area contributed by atoms with Gasteiger partial charge in [-0.1, -0.05) is 12.8 Å². The third-order valence-electron chi connectivity index (χ3n) is 6.15. The van der Waals surface area contributed by atoms with Gasteiger partial charge in [0.25, 0.3) is 5.91 Å². The second-order valence-electron chi connectivity index (χ2n) is 7.77. The molecule has 3 aliphatic rings. The Bertz CT molecular complexity index is 592. The van der Waals surface area contributed by atoms with Crippen molar-refractivity contribution in [1.82, 2.24) is 9.80 Å². The minimum Gasteiger partial charge on any atom is -0.378 e. The number of benzene rings is 1. The normalized spacial score (nSPS) is 23.2. The number of hydrogen-bond donors (Lipinski definition) is 0. The van der Waals surface area contributed by atoms with E-state index in [0.717, 1.165) is 70.5 Å². The molecule has 5 nitrogen and oxygen atoms in total. The van der Waals surface area contributed by atoms with Crippen LogP contribution in [0, 0.1) is 0 Å². The summed E-state index contributed by atoms with van der Waals surface area (Å²) in [5.74, 6) is 0.187. The van der Waals surface area contributed by atoms with Gasteiger partial charge in [0.2, 0.25) is 0 Å². The van der Waals surface area contributed by atoms with Crippen molar-refractivity contribution in [3.05, 3.63) is 29.8 Å². The van der Waals surface area contributed by atoms with Gasteiger partial charge in [-0.15, -0.1) is 0 Å². The topological polar surface area (TPSA) is 36.0 Å². The summed E-state index contributed by atoms with van der Waals surface area (Å²) >= 11 is 0. The molecule has 1 aromatic rings. The Morgan fingerprint density at radius 3 is 2.31 bits per heavy atom. The Balaban J connectivity index is 1.36. The predicted octanol–water partition coefficient (Wildman–Crippen LogP) is 2.61. The molecule has 0 unspecified atom stereocenters. The lowest BCUT2D eigenvalue weighted by Crippen LogP contribution is -2.38. The second kappa shape index (κ2) is 8.40. The minimum atomic E-state index is 0.187. The Hall–Kier alpha value is -1.59. The van der Waals surface area contributed by atoms with Crippen molar-refractivity contribution in [2.45, 2.75) is 38.1 Å². The first-order valence-electron chi connectivity index (χ1n) is 10.3. The zero-order chi connectivity index (χ0) is 17.8. The van der Waals surface area contributed by atoms with E-state index in [2.05, 4.69) is 26.8 Å². The van der Waals surface area contributed by atoms with E-state index in [1.165, 1.54) is 31.4 Å². The first-order chi connectivity index (χ1) is 12.8. The second-order valence-corrected chi connectivity index (χ2v) is 7.77. The fourth-order valence-electron chi connectivity index (χ4n) is 4.59. The molecule has 2 saturated heterocycles. The van der Waals surface area contributed by atoms with Crippen LogP contribution < -0.4 is 4.90 Å². The lowest BCUT2D eigenvalue weighted by atomic mass is 10.1. The standard InChI is InChI=1S/C21H31N3O2/c25-21(18-6-8-20(9-7-18)23-14-16-26-17-15-23)24-11-3-10-22(12-13-24)19-4-1-2-5-19/h6-9,19H,1-5,10-17H2. The van der Waals surface area contributed by atoms with Crippen LogP contribution in [0.15, 0.2) is 24.3 Å². The van der Waals surface area contributed by atoms with Crippen LogP contribution in [0.3, 0.4) is 0 Å². The third kappa shape index (κ3) is 4.04. The Labute approximate surface area is 156 Å². The number of amides is 1. The quantitative estimate of drug-likeness (QED) is 0.833. The predicted molar refractivity (Wildman–Crippen MR) is 104 cm³/mol. The zero-order valence-corrected chi connectivity index (χ0v) is 15.7. The molecular formula is C21H31N3O2. The molecule has 2 heterocycles. The number of hydrogen-bond acceptors (Lipinski definition) is 4. The van der Waals surface area contributed by atoms with Gasteiger partial charge in [-0.25, -0.2) is 0 Å². The highest BCUT2D eigenvalue weighted by Gasteiger charge is 2.26. The van der Waals surface area contributed by atoms with Gasteiger partial charge >= 0.3 is 0 Å². The highest BCUT2D eigenvalue weighted by atomic mass is 16.5. The van der Waals surface area contributed by atoms with Gasteiger partial charge in [0.1, 0.15) is 0 Å². The number of ether oxygens (including phenoxy) is 1. The molecule has 1 saturated carbocycles. The van der Waals surface area contributed by atoms with Gasteiger partial charge in [-0.05, 0) is 43.5 Å². The van der Waals surface area contributed by atoms with Crippen molar-refractivity contribution in [2.24, 2.45) is 0 Å². The summed E-state index contributed by atoms with van der Waals surface area (Å²) in [6, 6.07) is 8.92. The maximum atomic E-state index is 12.9. The molecule has 3 fully saturated rings. The summed E-state index contributed by atoms with van der Waals surface area (Å²) in [4.78, 5) is 19.9. The van der Waals surface area contributed by atoms with Crippen LogP contribution >= 0.6 is 0 Å². The van der Waals surface area contributed by atoms with E-state index in [9.17, 15) is 4.79 Å². The molecule has 0 atom stereocenters. The molecule has 2 aliphatic heterocycles. The van der Waals surface area contributed by atoms with E-state index in [1.54, 1.807) is 0 Å². The monoisotopic (exact) mass is 357 g/mol. The first-order valence-corrected chi connectivity index (χ1v) is 10.3. The maximum absolute atomic E-state index is 12.9. The van der Waals surface area contributed by atoms with Gasteiger partial charge in [0, 0.05) is 56.6 Å². The SMILES string of the molecule is O=C(c1ccc(N2CCOCC2)cc1)N1CCCN(C2CCCC2)CC1. The van der Waals surface area contributed by atoms with E-state index < -0.39 is 0 Å². The highest BCUT2D eigenvalue weighted by molar-refractivity contribution is 5.94. The number of rotatable bonds is 3. The Morgan fingerprint density at radius 2 is 1.58 bits per heavy atom. The molecular weight excluding hydrogens is 326 g/mol. The van der Waals surface area contributed by atoms with Crippen LogP contribution in [0.5, 0.6) is 0 Å². The largest absolute Gasteiger partial charge is 0.378 e. The molecule has 1 aromatic carbocycles. The van der Waals surface area contributed by atoms with Gasteiger partial charge in [-0.2, -0.15) is 0 Å². The fraction of sp³-hybridized carbons (Fsp3) is 0.667. The van der Waals surface area contributed by atoms with Crippen LogP contribution in [0.2, 0.25) is 0 Å². The number of carbonyl (C=O) groups is 1. The number of nitrogens with zero attached hydrogens (tertiary/aromatic N) is 3. The molecule has 0 aromatic heterocycles. The van der Waals surface area contributed by atoms with Crippen LogP contribution in [-0.2, 0) is 4.74 Å². The molecule has 142 valence electrons. The molecule has 1 amide bonds. The van der Waals surface area contributed by atoms with Crippen molar-refractivity contribution in [3.63, 3.8) is 0 Å². The van der Waals surface area contributed by atoms with Gasteiger partial charge in [0.15, 0.2) is 0 Å². The van der Waals surface area contributed by atoms with Crippen molar-refractivity contribution in [2.75, 3.05) is 57.4 Å². The molecule has 0 spiro atoms. The summed E-state index contributed by atoms with van der Waals surface area (Å²) in [5.41, 5.74) is 2.00. The van der Waals surface area contributed by atoms with Crippen LogP contribution in [0.1, 0.15) is 42.5 Å². The molecule has 4 rings (SSSR count). The molecule has 0 bridgehead atoms. The van der Waals surface area contributed by atoms with Crippen molar-refractivity contribution < 1.29 is 9.53 Å². The van der Waals surface area contributed by atoms with Crippen LogP contribution in [-0.4, -0.2) is 74.2 Å². The van der Waals surface area contributed by atoms with Gasteiger partial charge < -0.3 is 14.5 Å². The number of carbonyl (C=O) groups excluding carboxylic acids is 1.